The summed E-state index contributed by atoms with van der Waals surface area (Å²) in [4.78, 5) is 29.2. The Bertz CT molecular complexity index is 2550. The summed E-state index contributed by atoms with van der Waals surface area (Å²) in [7, 11) is 0. The van der Waals surface area contributed by atoms with E-state index < -0.39 is 5.82 Å². The van der Waals surface area contributed by atoms with Crippen LogP contribution in [0.5, 0.6) is 0 Å². The molecule has 0 unspecified atom stereocenters. The Kier molecular flexibility index (Phi) is 7.55. The van der Waals surface area contributed by atoms with Crippen LogP contribution in [0, 0.1) is 5.82 Å². The molecule has 0 radical (unpaired) electrons. The van der Waals surface area contributed by atoms with Crippen LogP contribution < -0.4 is 0 Å². The van der Waals surface area contributed by atoms with E-state index >= 15 is 4.39 Å². The molecule has 0 saturated heterocycles. The topological polar surface area (TPSA) is 77.3 Å². The van der Waals surface area contributed by atoms with E-state index in [0.717, 1.165) is 22.3 Å². The third-order valence-electron chi connectivity index (χ3n) is 9.67. The Labute approximate surface area is 300 Å². The molecule has 8 aromatic rings. The van der Waals surface area contributed by atoms with Gasteiger partial charge < -0.3 is 0 Å². The maximum absolute atomic E-state index is 15.9. The summed E-state index contributed by atoms with van der Waals surface area (Å²) in [6.07, 6.45) is 0. The van der Waals surface area contributed by atoms with E-state index in [-0.39, 0.29) is 16.8 Å². The van der Waals surface area contributed by atoms with Gasteiger partial charge in [-0.15, -0.1) is 0 Å². The second-order valence-corrected chi connectivity index (χ2v) is 13.3. The van der Waals surface area contributed by atoms with Gasteiger partial charge in [-0.3, -0.25) is 0 Å². The predicted molar refractivity (Wildman–Crippen MR) is 203 cm³/mol. The SMILES string of the molecule is CC1(C)c2ccccc2-c2ccc(-c3nc(-c4ccccc4)nc(-c4ccc(F)c(-c5nc(-c6ccccc6)nc(-c6ccccc6)n5)c4)n3)cc21. The van der Waals surface area contributed by atoms with Gasteiger partial charge >= 0.3 is 0 Å². The second kappa shape index (κ2) is 12.5. The van der Waals surface area contributed by atoms with E-state index in [4.69, 9.17) is 29.9 Å². The lowest BCUT2D eigenvalue weighted by atomic mass is 9.82. The normalized spacial score (nSPS) is 12.7. The van der Waals surface area contributed by atoms with E-state index in [0.29, 0.717) is 34.7 Å². The van der Waals surface area contributed by atoms with Gasteiger partial charge in [0.15, 0.2) is 34.9 Å². The van der Waals surface area contributed by atoms with Gasteiger partial charge in [-0.25, -0.2) is 34.3 Å². The highest BCUT2D eigenvalue weighted by molar-refractivity contribution is 5.83. The van der Waals surface area contributed by atoms with Crippen molar-refractivity contribution in [1.29, 1.82) is 0 Å². The fraction of sp³-hybridized carbons (Fsp3) is 0.0667. The summed E-state index contributed by atoms with van der Waals surface area (Å²) in [6, 6.07) is 48.9. The standard InChI is InChI=1S/C45H31FN6/c1-45(2)36-21-13-12-20-33(36)34-24-22-32(27-37(34)45)43-49-39(28-14-6-3-7-15-28)48-42(50-43)31-23-25-38(46)35(26-31)44-51-40(29-16-8-4-9-17-29)47-41(52-44)30-18-10-5-11-19-30/h3-27H,1-2H3. The zero-order valence-corrected chi connectivity index (χ0v) is 28.5. The molecule has 0 atom stereocenters. The van der Waals surface area contributed by atoms with Crippen molar-refractivity contribution >= 4 is 0 Å². The van der Waals surface area contributed by atoms with Gasteiger partial charge in [0.05, 0.1) is 5.56 Å². The molecule has 0 bridgehead atoms. The largest absolute Gasteiger partial charge is 0.208 e. The van der Waals surface area contributed by atoms with E-state index in [1.165, 1.54) is 28.3 Å². The van der Waals surface area contributed by atoms with Crippen LogP contribution in [-0.4, -0.2) is 29.9 Å². The molecule has 1 aliphatic carbocycles. The Balaban J connectivity index is 1.20. The molecular formula is C45H31FN6. The van der Waals surface area contributed by atoms with Crippen LogP contribution in [0.2, 0.25) is 0 Å². The van der Waals surface area contributed by atoms with Crippen molar-refractivity contribution in [2.24, 2.45) is 0 Å². The summed E-state index contributed by atoms with van der Waals surface area (Å²) in [5.74, 6) is 2.11. The molecule has 1 aliphatic rings. The van der Waals surface area contributed by atoms with E-state index in [9.17, 15) is 0 Å². The summed E-state index contributed by atoms with van der Waals surface area (Å²) in [6.45, 7) is 4.51. The number of benzene rings is 6. The molecule has 2 heterocycles. The molecule has 0 spiro atoms. The average molecular weight is 675 g/mol. The molecule has 2 aromatic heterocycles. The molecule has 0 saturated carbocycles. The minimum absolute atomic E-state index is 0.187. The van der Waals surface area contributed by atoms with Gasteiger partial charge in [0.25, 0.3) is 0 Å². The van der Waals surface area contributed by atoms with E-state index in [1.807, 2.05) is 91.0 Å². The Morgan fingerprint density at radius 3 is 1.29 bits per heavy atom. The Morgan fingerprint density at radius 2 is 0.750 bits per heavy atom. The molecule has 52 heavy (non-hydrogen) atoms. The lowest BCUT2D eigenvalue weighted by molar-refractivity contribution is 0.630. The second-order valence-electron chi connectivity index (χ2n) is 13.3. The van der Waals surface area contributed by atoms with Crippen LogP contribution in [0.15, 0.2) is 152 Å². The average Bonchev–Trinajstić information content (AvgIpc) is 3.44. The minimum atomic E-state index is -0.467. The van der Waals surface area contributed by atoms with Crippen molar-refractivity contribution in [3.63, 3.8) is 0 Å². The minimum Gasteiger partial charge on any atom is -0.208 e. The Morgan fingerprint density at radius 1 is 0.346 bits per heavy atom. The Hall–Kier alpha value is -6.73. The quantitative estimate of drug-likeness (QED) is 0.175. The van der Waals surface area contributed by atoms with Crippen LogP contribution >= 0.6 is 0 Å². The zero-order chi connectivity index (χ0) is 35.2. The first kappa shape index (κ1) is 31.3. The van der Waals surface area contributed by atoms with Gasteiger partial charge in [-0.05, 0) is 46.5 Å². The van der Waals surface area contributed by atoms with Gasteiger partial charge in [-0.1, -0.05) is 141 Å². The molecule has 7 heteroatoms. The number of rotatable bonds is 6. The summed E-state index contributed by atoms with van der Waals surface area (Å²) >= 11 is 0. The van der Waals surface area contributed by atoms with Gasteiger partial charge in [-0.2, -0.15) is 0 Å². The molecule has 9 rings (SSSR count). The number of halogens is 1. The van der Waals surface area contributed by atoms with Crippen LogP contribution in [0.1, 0.15) is 25.0 Å². The number of hydrogen-bond donors (Lipinski definition) is 0. The van der Waals surface area contributed by atoms with Crippen molar-refractivity contribution < 1.29 is 4.39 Å². The molecule has 6 aromatic carbocycles. The lowest BCUT2D eigenvalue weighted by Crippen LogP contribution is -2.15. The van der Waals surface area contributed by atoms with Gasteiger partial charge in [0.2, 0.25) is 0 Å². The first-order valence-electron chi connectivity index (χ1n) is 17.2. The molecule has 6 nitrogen and oxygen atoms in total. The summed E-state index contributed by atoms with van der Waals surface area (Å²) < 4.78 is 15.9. The highest BCUT2D eigenvalue weighted by Crippen LogP contribution is 2.49. The van der Waals surface area contributed by atoms with Crippen molar-refractivity contribution in [2.45, 2.75) is 19.3 Å². The van der Waals surface area contributed by atoms with Crippen molar-refractivity contribution in [1.82, 2.24) is 29.9 Å². The molecule has 0 fully saturated rings. The number of fused-ring (bicyclic) bond motifs is 3. The van der Waals surface area contributed by atoms with Crippen molar-refractivity contribution in [3.8, 4) is 79.5 Å². The van der Waals surface area contributed by atoms with E-state index in [2.05, 4.69) is 56.3 Å². The fourth-order valence-corrected chi connectivity index (χ4v) is 6.96. The lowest BCUT2D eigenvalue weighted by Gasteiger charge is -2.21. The van der Waals surface area contributed by atoms with Gasteiger partial charge in [0, 0.05) is 33.2 Å². The first-order valence-corrected chi connectivity index (χ1v) is 17.2. The van der Waals surface area contributed by atoms with Crippen LogP contribution in [-0.2, 0) is 5.41 Å². The third-order valence-corrected chi connectivity index (χ3v) is 9.67. The first-order chi connectivity index (χ1) is 25.4. The number of hydrogen-bond acceptors (Lipinski definition) is 6. The van der Waals surface area contributed by atoms with Crippen LogP contribution in [0.3, 0.4) is 0 Å². The summed E-state index contributed by atoms with van der Waals surface area (Å²) in [5.41, 5.74) is 8.94. The highest BCUT2D eigenvalue weighted by Gasteiger charge is 2.35. The van der Waals surface area contributed by atoms with Crippen molar-refractivity contribution in [2.75, 3.05) is 0 Å². The zero-order valence-electron chi connectivity index (χ0n) is 28.5. The van der Waals surface area contributed by atoms with Crippen LogP contribution in [0.4, 0.5) is 4.39 Å². The number of nitrogens with zero attached hydrogens (tertiary/aromatic N) is 6. The third kappa shape index (κ3) is 5.53. The predicted octanol–water partition coefficient (Wildman–Crippen LogP) is 10.5. The summed E-state index contributed by atoms with van der Waals surface area (Å²) in [5, 5.41) is 0. The van der Waals surface area contributed by atoms with Crippen LogP contribution in [0.25, 0.3) is 79.5 Å². The van der Waals surface area contributed by atoms with Crippen molar-refractivity contribution in [3.05, 3.63) is 169 Å². The molecule has 248 valence electrons. The molecule has 0 amide bonds. The molecule has 0 N–H and O–H groups in total. The smallest absolute Gasteiger partial charge is 0.167 e. The van der Waals surface area contributed by atoms with Gasteiger partial charge in [0.1, 0.15) is 5.82 Å². The highest BCUT2D eigenvalue weighted by atomic mass is 19.1. The number of aromatic nitrogens is 6. The van der Waals surface area contributed by atoms with E-state index in [1.54, 1.807) is 12.1 Å². The maximum Gasteiger partial charge on any atom is 0.167 e. The molecule has 0 aliphatic heterocycles. The monoisotopic (exact) mass is 674 g/mol. The molecular weight excluding hydrogens is 644 g/mol. The fourth-order valence-electron chi connectivity index (χ4n) is 6.96. The maximum atomic E-state index is 15.9.